The van der Waals surface area contributed by atoms with Gasteiger partial charge in [-0.15, -0.1) is 0 Å². The van der Waals surface area contributed by atoms with Crippen molar-refractivity contribution in [3.05, 3.63) is 76.9 Å². The largest absolute Gasteiger partial charge is 0.419 e. The molecule has 4 heterocycles. The number of rotatable bonds is 4. The van der Waals surface area contributed by atoms with Gasteiger partial charge in [0.05, 0.1) is 23.0 Å². The predicted octanol–water partition coefficient (Wildman–Crippen LogP) is 3.98. The smallest absolute Gasteiger partial charge is 0.338 e. The van der Waals surface area contributed by atoms with E-state index in [1.807, 2.05) is 0 Å². The summed E-state index contributed by atoms with van der Waals surface area (Å²) in [6.45, 7) is -0.191. The third kappa shape index (κ3) is 4.23. The molecule has 0 bridgehead atoms. The number of hydrogen-bond acceptors (Lipinski definition) is 4. The molecule has 12 heteroatoms. The van der Waals surface area contributed by atoms with E-state index in [9.17, 15) is 31.5 Å². The maximum atomic E-state index is 13.9. The maximum absolute atomic E-state index is 13.9. The summed E-state index contributed by atoms with van der Waals surface area (Å²) >= 11 is 0. The number of halogens is 5. The second-order valence-corrected chi connectivity index (χ2v) is 8.39. The Bertz CT molecular complexity index is 1510. The first kappa shape index (κ1) is 23.6. The summed E-state index contributed by atoms with van der Waals surface area (Å²) in [5.41, 5.74) is -1.81. The molecular weight excluding hydrogens is 485 g/mol. The van der Waals surface area contributed by atoms with Gasteiger partial charge in [-0.2, -0.15) is 13.2 Å². The molecule has 1 unspecified atom stereocenters. The monoisotopic (exact) mass is 503 g/mol. The second kappa shape index (κ2) is 8.85. The van der Waals surface area contributed by atoms with Gasteiger partial charge in [0.25, 0.3) is 5.56 Å². The van der Waals surface area contributed by atoms with Crippen molar-refractivity contribution in [3.63, 3.8) is 0 Å². The van der Waals surface area contributed by atoms with E-state index in [4.69, 9.17) is 0 Å². The van der Waals surface area contributed by atoms with Crippen LogP contribution in [-0.2, 0) is 17.5 Å². The lowest BCUT2D eigenvalue weighted by Gasteiger charge is -2.16. The summed E-state index contributed by atoms with van der Waals surface area (Å²) < 4.78 is 70.2. The van der Waals surface area contributed by atoms with E-state index in [1.54, 1.807) is 6.07 Å². The average Bonchev–Trinajstić information content (AvgIpc) is 3.45. The van der Waals surface area contributed by atoms with E-state index >= 15 is 0 Å². The first-order chi connectivity index (χ1) is 17.1. The number of likely N-dealkylation sites (tertiary alicyclic amines) is 1. The predicted molar refractivity (Wildman–Crippen MR) is 120 cm³/mol. The fourth-order valence-corrected chi connectivity index (χ4v) is 4.31. The summed E-state index contributed by atoms with van der Waals surface area (Å²) in [5, 5.41) is 0.00211. The molecule has 36 heavy (non-hydrogen) atoms. The summed E-state index contributed by atoms with van der Waals surface area (Å²) in [4.78, 5) is 35.7. The van der Waals surface area contributed by atoms with E-state index in [0.29, 0.717) is 12.1 Å². The van der Waals surface area contributed by atoms with Gasteiger partial charge in [0, 0.05) is 36.9 Å². The number of amides is 1. The van der Waals surface area contributed by atoms with Crippen LogP contribution in [0, 0.1) is 5.82 Å². The third-order valence-electron chi connectivity index (χ3n) is 6.07. The van der Waals surface area contributed by atoms with Crippen LogP contribution in [0.3, 0.4) is 0 Å². The Kier molecular flexibility index (Phi) is 5.81. The van der Waals surface area contributed by atoms with Crippen LogP contribution in [0.1, 0.15) is 12.0 Å². The minimum absolute atomic E-state index is 0.00211. The number of carbonyl (C=O) groups is 1. The number of alkyl halides is 4. The summed E-state index contributed by atoms with van der Waals surface area (Å²) in [6, 6.07) is 5.55. The van der Waals surface area contributed by atoms with Crippen molar-refractivity contribution < 1.29 is 26.7 Å². The van der Waals surface area contributed by atoms with Gasteiger partial charge in [-0.05, 0) is 36.2 Å². The summed E-state index contributed by atoms with van der Waals surface area (Å²) in [7, 11) is 0. The molecule has 5 rings (SSSR count). The Morgan fingerprint density at radius 2 is 1.89 bits per heavy atom. The van der Waals surface area contributed by atoms with Gasteiger partial charge in [0.15, 0.2) is 0 Å². The Labute approximate surface area is 200 Å². The molecule has 186 valence electrons. The van der Waals surface area contributed by atoms with Gasteiger partial charge in [-0.25, -0.2) is 18.7 Å². The quantitative estimate of drug-likeness (QED) is 0.395. The molecule has 1 fully saturated rings. The lowest BCUT2D eigenvalue weighted by atomic mass is 10.0. The van der Waals surface area contributed by atoms with E-state index in [2.05, 4.69) is 9.97 Å². The van der Waals surface area contributed by atoms with Crippen molar-refractivity contribution in [3.8, 4) is 17.1 Å². The fourth-order valence-electron chi connectivity index (χ4n) is 4.31. The molecule has 0 saturated carbocycles. The van der Waals surface area contributed by atoms with Crippen LogP contribution in [0.2, 0.25) is 0 Å². The first-order valence-corrected chi connectivity index (χ1v) is 10.9. The van der Waals surface area contributed by atoms with Crippen LogP contribution in [-0.4, -0.2) is 49.2 Å². The first-order valence-electron chi connectivity index (χ1n) is 10.9. The Morgan fingerprint density at radius 3 is 2.56 bits per heavy atom. The van der Waals surface area contributed by atoms with Crippen LogP contribution in [0.5, 0.6) is 0 Å². The van der Waals surface area contributed by atoms with Crippen molar-refractivity contribution in [1.29, 1.82) is 0 Å². The van der Waals surface area contributed by atoms with Crippen molar-refractivity contribution in [1.82, 2.24) is 24.0 Å². The van der Waals surface area contributed by atoms with Crippen molar-refractivity contribution in [2.45, 2.75) is 25.3 Å². The highest BCUT2D eigenvalue weighted by Gasteiger charge is 2.34. The van der Waals surface area contributed by atoms with E-state index in [1.165, 1.54) is 40.3 Å². The van der Waals surface area contributed by atoms with E-state index in [0.717, 1.165) is 10.6 Å². The highest BCUT2D eigenvalue weighted by molar-refractivity contribution is 5.96. The molecule has 1 aliphatic heterocycles. The second-order valence-electron chi connectivity index (χ2n) is 8.39. The molecule has 1 atom stereocenters. The number of hydrogen-bond donors (Lipinski definition) is 0. The molecule has 1 saturated heterocycles. The molecule has 0 N–H and O–H groups in total. The summed E-state index contributed by atoms with van der Waals surface area (Å²) in [5.74, 6) is -1.74. The average molecular weight is 503 g/mol. The van der Waals surface area contributed by atoms with Gasteiger partial charge in [0.2, 0.25) is 11.9 Å². The van der Waals surface area contributed by atoms with E-state index in [-0.39, 0.29) is 54.0 Å². The Morgan fingerprint density at radius 1 is 1.14 bits per heavy atom. The maximum Gasteiger partial charge on any atom is 0.419 e. The third-order valence-corrected chi connectivity index (χ3v) is 6.07. The fraction of sp³-hybridized carbons (Fsp3) is 0.250. The lowest BCUT2D eigenvalue weighted by Crippen LogP contribution is -2.35. The number of benzene rings is 1. The van der Waals surface area contributed by atoms with Crippen molar-refractivity contribution in [2.24, 2.45) is 0 Å². The zero-order chi connectivity index (χ0) is 25.6. The lowest BCUT2D eigenvalue weighted by molar-refractivity contribution is -0.140. The molecule has 1 amide bonds. The molecule has 1 aliphatic rings. The zero-order valence-electron chi connectivity index (χ0n) is 18.5. The highest BCUT2D eigenvalue weighted by Crippen LogP contribution is 2.36. The Hall–Kier alpha value is -4.09. The molecule has 4 aromatic rings. The van der Waals surface area contributed by atoms with Crippen LogP contribution in [0.4, 0.5) is 22.0 Å². The van der Waals surface area contributed by atoms with Crippen LogP contribution >= 0.6 is 0 Å². The van der Waals surface area contributed by atoms with E-state index < -0.39 is 35.2 Å². The number of fused-ring (bicyclic) bond motifs is 1. The molecule has 1 aromatic carbocycles. The normalized spacial score (nSPS) is 16.1. The minimum atomic E-state index is -4.95. The van der Waals surface area contributed by atoms with Gasteiger partial charge in [-0.3, -0.25) is 14.2 Å². The SMILES string of the molecule is O=C(Cn1ccc2c(c(-c3ccc(F)c(C(F)(F)F)c3)cn2-c2ncccn2)c1=O)N1CCC(F)C1. The Balaban J connectivity index is 1.68. The number of carbonyl (C=O) groups excluding carboxylic acids is 1. The number of pyridine rings is 1. The van der Waals surface area contributed by atoms with Crippen LogP contribution in [0.25, 0.3) is 28.0 Å². The van der Waals surface area contributed by atoms with Crippen LogP contribution < -0.4 is 5.56 Å². The molecule has 7 nitrogen and oxygen atoms in total. The van der Waals surface area contributed by atoms with Crippen molar-refractivity contribution in [2.75, 3.05) is 13.1 Å². The molecule has 3 aromatic heterocycles. The number of aromatic nitrogens is 4. The molecule has 0 radical (unpaired) electrons. The van der Waals surface area contributed by atoms with Crippen LogP contribution in [0.15, 0.2) is 59.9 Å². The van der Waals surface area contributed by atoms with Gasteiger partial charge in [0.1, 0.15) is 18.5 Å². The summed E-state index contributed by atoms with van der Waals surface area (Å²) in [6.07, 6.45) is -0.159. The standard InChI is InChI=1S/C24H18F5N5O2/c25-15-4-8-32(11-15)20(35)13-33-9-5-19-21(22(33)36)16(12-34(19)23-30-6-1-7-31-23)14-2-3-18(26)17(10-14)24(27,28)29/h1-3,5-7,9-10,12,15H,4,8,11,13H2. The highest BCUT2D eigenvalue weighted by atomic mass is 19.4. The molecular formula is C24H18F5N5O2. The van der Waals surface area contributed by atoms with Crippen molar-refractivity contribution >= 4 is 16.8 Å². The van der Waals surface area contributed by atoms with Gasteiger partial charge in [-0.1, -0.05) is 6.07 Å². The van der Waals surface area contributed by atoms with Gasteiger partial charge < -0.3 is 9.47 Å². The number of nitrogens with zero attached hydrogens (tertiary/aromatic N) is 5. The van der Waals surface area contributed by atoms with Gasteiger partial charge >= 0.3 is 6.18 Å². The topological polar surface area (TPSA) is 73.0 Å². The molecule has 0 aliphatic carbocycles. The molecule has 0 spiro atoms. The zero-order valence-corrected chi connectivity index (χ0v) is 18.5. The minimum Gasteiger partial charge on any atom is -0.338 e.